The molecule has 0 aliphatic rings. The van der Waals surface area contributed by atoms with Gasteiger partial charge < -0.3 is 24.4 Å². The van der Waals surface area contributed by atoms with Crippen LogP contribution in [-0.2, 0) is 14.2 Å². The zero-order chi connectivity index (χ0) is 12.1. The van der Waals surface area contributed by atoms with Gasteiger partial charge in [0.05, 0.1) is 46.2 Å². The molecule has 0 aromatic heterocycles. The fourth-order valence-corrected chi connectivity index (χ4v) is 1.17. The minimum Gasteiger partial charge on any atom is -0.394 e. The number of hydrogen-bond donors (Lipinski definition) is 2. The molecule has 0 radical (unpaired) electrons. The van der Waals surface area contributed by atoms with Crippen molar-refractivity contribution in [2.24, 2.45) is 5.92 Å². The first-order chi connectivity index (χ1) is 7.85. The first-order valence-corrected chi connectivity index (χ1v) is 5.80. The van der Waals surface area contributed by atoms with E-state index in [-0.39, 0.29) is 19.1 Å². The molecule has 16 heavy (non-hydrogen) atoms. The van der Waals surface area contributed by atoms with Crippen molar-refractivity contribution in [1.29, 1.82) is 0 Å². The van der Waals surface area contributed by atoms with Gasteiger partial charge in [-0.15, -0.1) is 0 Å². The van der Waals surface area contributed by atoms with E-state index < -0.39 is 0 Å². The van der Waals surface area contributed by atoms with Crippen molar-refractivity contribution in [2.45, 2.75) is 13.3 Å². The maximum atomic E-state index is 8.59. The number of aliphatic hydroxyl groups excluding tert-OH is 2. The SMILES string of the molecule is CCCOCC(COCCO)COCCO. The molecule has 0 amide bonds. The third-order valence-electron chi connectivity index (χ3n) is 1.88. The molecule has 5 nitrogen and oxygen atoms in total. The Morgan fingerprint density at radius 3 is 1.62 bits per heavy atom. The third-order valence-corrected chi connectivity index (χ3v) is 1.88. The quantitative estimate of drug-likeness (QED) is 0.469. The van der Waals surface area contributed by atoms with Gasteiger partial charge in [0.1, 0.15) is 0 Å². The molecule has 0 fully saturated rings. The summed E-state index contributed by atoms with van der Waals surface area (Å²) in [6, 6.07) is 0. The molecule has 0 rings (SSSR count). The summed E-state index contributed by atoms with van der Waals surface area (Å²) in [4.78, 5) is 0. The van der Waals surface area contributed by atoms with E-state index in [1.807, 2.05) is 0 Å². The molecule has 0 saturated heterocycles. The second kappa shape index (κ2) is 12.9. The number of rotatable bonds is 12. The fourth-order valence-electron chi connectivity index (χ4n) is 1.17. The first-order valence-electron chi connectivity index (χ1n) is 5.80. The molecule has 0 aromatic carbocycles. The maximum Gasteiger partial charge on any atom is 0.0697 e. The molecule has 0 spiro atoms. The van der Waals surface area contributed by atoms with Gasteiger partial charge in [-0.1, -0.05) is 6.92 Å². The van der Waals surface area contributed by atoms with Crippen LogP contribution in [0.3, 0.4) is 0 Å². The number of ether oxygens (including phenoxy) is 3. The summed E-state index contributed by atoms with van der Waals surface area (Å²) in [5.74, 6) is 0.157. The van der Waals surface area contributed by atoms with Gasteiger partial charge in [0, 0.05) is 12.5 Å². The van der Waals surface area contributed by atoms with Crippen molar-refractivity contribution >= 4 is 0 Å². The summed E-state index contributed by atoms with van der Waals surface area (Å²) in [5.41, 5.74) is 0. The number of hydrogen-bond acceptors (Lipinski definition) is 5. The van der Waals surface area contributed by atoms with E-state index in [1.54, 1.807) is 0 Å². The molecular formula is C11H24O5. The van der Waals surface area contributed by atoms with Crippen LogP contribution in [0.1, 0.15) is 13.3 Å². The second-order valence-corrected chi connectivity index (χ2v) is 3.54. The van der Waals surface area contributed by atoms with Crippen molar-refractivity contribution in [3.05, 3.63) is 0 Å². The van der Waals surface area contributed by atoms with Crippen LogP contribution in [0, 0.1) is 5.92 Å². The Balaban J connectivity index is 3.58. The van der Waals surface area contributed by atoms with Gasteiger partial charge in [-0.25, -0.2) is 0 Å². The van der Waals surface area contributed by atoms with Crippen LogP contribution >= 0.6 is 0 Å². The molecule has 5 heteroatoms. The van der Waals surface area contributed by atoms with Gasteiger partial charge in [-0.2, -0.15) is 0 Å². The van der Waals surface area contributed by atoms with Gasteiger partial charge >= 0.3 is 0 Å². The molecule has 0 saturated carbocycles. The molecule has 0 aromatic rings. The summed E-state index contributed by atoms with van der Waals surface area (Å²) in [7, 11) is 0. The Morgan fingerprint density at radius 1 is 0.812 bits per heavy atom. The molecule has 0 aliphatic carbocycles. The minimum atomic E-state index is 0.0278. The summed E-state index contributed by atoms with van der Waals surface area (Å²) < 4.78 is 15.9. The van der Waals surface area contributed by atoms with E-state index in [1.165, 1.54) is 0 Å². The Bertz CT molecular complexity index is 108. The van der Waals surface area contributed by atoms with E-state index >= 15 is 0 Å². The average Bonchev–Trinajstić information content (AvgIpc) is 2.29. The van der Waals surface area contributed by atoms with E-state index in [2.05, 4.69) is 6.92 Å². The number of aliphatic hydroxyl groups is 2. The monoisotopic (exact) mass is 236 g/mol. The molecule has 98 valence electrons. The van der Waals surface area contributed by atoms with Crippen LogP contribution in [0.25, 0.3) is 0 Å². The topological polar surface area (TPSA) is 68.2 Å². The van der Waals surface area contributed by atoms with Crippen molar-refractivity contribution in [3.8, 4) is 0 Å². The lowest BCUT2D eigenvalue weighted by molar-refractivity contribution is -0.0175. The van der Waals surface area contributed by atoms with Gasteiger partial charge in [0.15, 0.2) is 0 Å². The highest BCUT2D eigenvalue weighted by molar-refractivity contribution is 4.56. The fraction of sp³-hybridized carbons (Fsp3) is 1.00. The predicted molar refractivity (Wildman–Crippen MR) is 60.4 cm³/mol. The van der Waals surface area contributed by atoms with Crippen molar-refractivity contribution in [1.82, 2.24) is 0 Å². The van der Waals surface area contributed by atoms with Crippen LogP contribution < -0.4 is 0 Å². The summed E-state index contributed by atoms with van der Waals surface area (Å²) in [6.45, 7) is 5.13. The highest BCUT2D eigenvalue weighted by atomic mass is 16.5. The second-order valence-electron chi connectivity index (χ2n) is 3.54. The maximum absolute atomic E-state index is 8.59. The Labute approximate surface area is 97.3 Å². The molecule has 0 atom stereocenters. The lowest BCUT2D eigenvalue weighted by atomic mass is 10.2. The average molecular weight is 236 g/mol. The van der Waals surface area contributed by atoms with Gasteiger partial charge in [-0.05, 0) is 6.42 Å². The van der Waals surface area contributed by atoms with Crippen molar-refractivity contribution < 1.29 is 24.4 Å². The standard InChI is InChI=1S/C11H24O5/c1-2-5-14-8-11(9-15-6-3-12)10-16-7-4-13/h11-13H,2-10H2,1H3. The summed E-state index contributed by atoms with van der Waals surface area (Å²) in [5, 5.41) is 17.2. The third kappa shape index (κ3) is 10.3. The minimum absolute atomic E-state index is 0.0278. The predicted octanol–water partition coefficient (Wildman–Crippen LogP) is 0.0470. The smallest absolute Gasteiger partial charge is 0.0697 e. The van der Waals surface area contributed by atoms with Gasteiger partial charge in [0.2, 0.25) is 0 Å². The van der Waals surface area contributed by atoms with Crippen LogP contribution in [-0.4, -0.2) is 63.1 Å². The highest BCUT2D eigenvalue weighted by Crippen LogP contribution is 2.01. The zero-order valence-corrected chi connectivity index (χ0v) is 10.1. The van der Waals surface area contributed by atoms with Crippen LogP contribution in [0.15, 0.2) is 0 Å². The summed E-state index contributed by atoms with van der Waals surface area (Å²) >= 11 is 0. The van der Waals surface area contributed by atoms with E-state index in [4.69, 9.17) is 24.4 Å². The lowest BCUT2D eigenvalue weighted by Crippen LogP contribution is -2.23. The van der Waals surface area contributed by atoms with Crippen molar-refractivity contribution in [3.63, 3.8) is 0 Å². The Morgan fingerprint density at radius 2 is 1.25 bits per heavy atom. The Hall–Kier alpha value is -0.200. The normalized spacial score (nSPS) is 11.2. The van der Waals surface area contributed by atoms with Crippen LogP contribution in [0.5, 0.6) is 0 Å². The molecule has 0 heterocycles. The largest absolute Gasteiger partial charge is 0.394 e. The molecule has 0 bridgehead atoms. The van der Waals surface area contributed by atoms with E-state index in [0.29, 0.717) is 33.0 Å². The Kier molecular flexibility index (Phi) is 12.7. The van der Waals surface area contributed by atoms with Crippen LogP contribution in [0.2, 0.25) is 0 Å². The van der Waals surface area contributed by atoms with Gasteiger partial charge in [0.25, 0.3) is 0 Å². The first kappa shape index (κ1) is 15.8. The molecular weight excluding hydrogens is 212 g/mol. The van der Waals surface area contributed by atoms with Crippen molar-refractivity contribution in [2.75, 3.05) is 52.9 Å². The van der Waals surface area contributed by atoms with E-state index in [0.717, 1.165) is 13.0 Å². The van der Waals surface area contributed by atoms with Gasteiger partial charge in [-0.3, -0.25) is 0 Å². The lowest BCUT2D eigenvalue weighted by Gasteiger charge is -2.16. The molecule has 0 unspecified atom stereocenters. The highest BCUT2D eigenvalue weighted by Gasteiger charge is 2.09. The molecule has 2 N–H and O–H groups in total. The summed E-state index contributed by atoms with van der Waals surface area (Å²) in [6.07, 6.45) is 0.988. The zero-order valence-electron chi connectivity index (χ0n) is 10.1. The molecule has 0 aliphatic heterocycles. The van der Waals surface area contributed by atoms with Crippen LogP contribution in [0.4, 0.5) is 0 Å². The van der Waals surface area contributed by atoms with E-state index in [9.17, 15) is 0 Å².